The van der Waals surface area contributed by atoms with Gasteiger partial charge in [-0.1, -0.05) is 13.8 Å². The van der Waals surface area contributed by atoms with Gasteiger partial charge in [-0.2, -0.15) is 10.4 Å². The van der Waals surface area contributed by atoms with E-state index in [1.807, 2.05) is 32.0 Å². The molecule has 118 valence electrons. The molecule has 0 bridgehead atoms. The fourth-order valence-corrected chi connectivity index (χ4v) is 1.55. The molecule has 0 fully saturated rings. The topological polar surface area (TPSA) is 83.7 Å². The maximum Gasteiger partial charge on any atom is 0.254 e. The molecule has 1 aromatic rings. The highest BCUT2D eigenvalue weighted by molar-refractivity contribution is 5.85. The third kappa shape index (κ3) is 6.27. The molecule has 0 heterocycles. The van der Waals surface area contributed by atoms with Crippen molar-refractivity contribution in [2.45, 2.75) is 33.1 Å². The van der Waals surface area contributed by atoms with Crippen LogP contribution in [-0.2, 0) is 4.79 Å². The van der Waals surface area contributed by atoms with E-state index in [1.54, 1.807) is 6.07 Å². The fourth-order valence-electron chi connectivity index (χ4n) is 1.55. The maximum absolute atomic E-state index is 11.2. The first-order valence-corrected chi connectivity index (χ1v) is 7.29. The van der Waals surface area contributed by atoms with Crippen LogP contribution in [0.25, 0.3) is 0 Å². The van der Waals surface area contributed by atoms with Crippen LogP contribution in [0.4, 0.5) is 0 Å². The lowest BCUT2D eigenvalue weighted by atomic mass is 10.2. The Hall–Kier alpha value is -2.55. The minimum absolute atomic E-state index is 0.222. The van der Waals surface area contributed by atoms with E-state index in [0.717, 1.165) is 24.2 Å². The highest BCUT2D eigenvalue weighted by Gasteiger charge is 2.05. The number of nitrogens with zero attached hydrogens (tertiary/aromatic N) is 2. The van der Waals surface area contributed by atoms with E-state index < -0.39 is 5.91 Å². The van der Waals surface area contributed by atoms with Gasteiger partial charge in [-0.05, 0) is 25.0 Å². The molecule has 0 atom stereocenters. The Morgan fingerprint density at radius 2 is 2.05 bits per heavy atom. The summed E-state index contributed by atoms with van der Waals surface area (Å²) in [5.74, 6) is 0.935. The van der Waals surface area contributed by atoms with E-state index >= 15 is 0 Å². The normalized spacial score (nSPS) is 10.2. The van der Waals surface area contributed by atoms with E-state index in [4.69, 9.17) is 14.7 Å². The molecule has 0 saturated carbocycles. The molecule has 22 heavy (non-hydrogen) atoms. The van der Waals surface area contributed by atoms with Gasteiger partial charge >= 0.3 is 0 Å². The van der Waals surface area contributed by atoms with E-state index in [9.17, 15) is 4.79 Å². The van der Waals surface area contributed by atoms with Crippen molar-refractivity contribution in [3.8, 4) is 17.6 Å². The lowest BCUT2D eigenvalue weighted by Gasteiger charge is -2.11. The Morgan fingerprint density at radius 3 is 2.73 bits per heavy atom. The predicted molar refractivity (Wildman–Crippen MR) is 84.0 cm³/mol. The molecular formula is C16H21N3O3. The van der Waals surface area contributed by atoms with Crippen LogP contribution in [0.15, 0.2) is 23.3 Å². The number of ether oxygens (including phenoxy) is 2. The zero-order chi connectivity index (χ0) is 16.2. The molecule has 0 saturated heterocycles. The second kappa shape index (κ2) is 10.2. The van der Waals surface area contributed by atoms with E-state index in [0.29, 0.717) is 19.0 Å². The number of benzene rings is 1. The summed E-state index contributed by atoms with van der Waals surface area (Å²) in [6.45, 7) is 5.29. The number of nitrogens with one attached hydrogen (secondary N) is 1. The molecule has 0 aromatic heterocycles. The van der Waals surface area contributed by atoms with Gasteiger partial charge in [0.2, 0.25) is 0 Å². The fraction of sp³-hybridized carbons (Fsp3) is 0.438. The highest BCUT2D eigenvalue weighted by atomic mass is 16.5. The van der Waals surface area contributed by atoms with Crippen LogP contribution >= 0.6 is 0 Å². The van der Waals surface area contributed by atoms with Crippen LogP contribution in [0.3, 0.4) is 0 Å². The quantitative estimate of drug-likeness (QED) is 0.561. The third-order valence-corrected chi connectivity index (χ3v) is 2.55. The monoisotopic (exact) mass is 303 g/mol. The van der Waals surface area contributed by atoms with Crippen LogP contribution in [0.1, 0.15) is 38.7 Å². The summed E-state index contributed by atoms with van der Waals surface area (Å²) in [4.78, 5) is 11.2. The van der Waals surface area contributed by atoms with Crippen molar-refractivity contribution in [3.05, 3.63) is 23.8 Å². The summed E-state index contributed by atoms with van der Waals surface area (Å²) in [5, 5.41) is 12.2. The number of carbonyl (C=O) groups is 1. The van der Waals surface area contributed by atoms with Gasteiger partial charge in [0.1, 0.15) is 17.9 Å². The first kappa shape index (κ1) is 17.5. The van der Waals surface area contributed by atoms with E-state index in [-0.39, 0.29) is 6.42 Å². The average Bonchev–Trinajstić information content (AvgIpc) is 2.52. The molecular weight excluding hydrogens is 282 g/mol. The van der Waals surface area contributed by atoms with Gasteiger partial charge in [0.15, 0.2) is 0 Å². The average molecular weight is 303 g/mol. The number of hydrogen-bond donors (Lipinski definition) is 1. The molecule has 1 rings (SSSR count). The van der Waals surface area contributed by atoms with Gasteiger partial charge in [0.05, 0.1) is 25.5 Å². The largest absolute Gasteiger partial charge is 0.493 e. The van der Waals surface area contributed by atoms with Gasteiger partial charge in [-0.3, -0.25) is 4.79 Å². The first-order chi connectivity index (χ1) is 10.7. The highest BCUT2D eigenvalue weighted by Crippen LogP contribution is 2.24. The van der Waals surface area contributed by atoms with Crippen molar-refractivity contribution in [1.29, 1.82) is 5.26 Å². The zero-order valence-electron chi connectivity index (χ0n) is 13.0. The molecule has 6 heteroatoms. The van der Waals surface area contributed by atoms with Crippen molar-refractivity contribution < 1.29 is 14.3 Å². The van der Waals surface area contributed by atoms with Crippen molar-refractivity contribution in [2.24, 2.45) is 5.10 Å². The number of carbonyl (C=O) groups excluding carboxylic acids is 1. The molecule has 0 aliphatic carbocycles. The Kier molecular flexibility index (Phi) is 8.13. The second-order valence-corrected chi connectivity index (χ2v) is 4.52. The molecule has 6 nitrogen and oxygen atoms in total. The van der Waals surface area contributed by atoms with Crippen molar-refractivity contribution >= 4 is 12.1 Å². The van der Waals surface area contributed by atoms with Crippen molar-refractivity contribution in [1.82, 2.24) is 5.43 Å². The predicted octanol–water partition coefficient (Wildman–Crippen LogP) is 2.63. The summed E-state index contributed by atoms with van der Waals surface area (Å²) in [5.41, 5.74) is 3.02. The summed E-state index contributed by atoms with van der Waals surface area (Å²) < 4.78 is 11.3. The molecule has 0 unspecified atom stereocenters. The smallest absolute Gasteiger partial charge is 0.254 e. The lowest BCUT2D eigenvalue weighted by molar-refractivity contribution is -0.120. The Bertz CT molecular complexity index is 550. The molecule has 1 amide bonds. The molecule has 1 N–H and O–H groups in total. The SMILES string of the molecule is CCCOc1ccc(/C=N/NC(=O)CC#N)c(OCCC)c1. The number of nitriles is 1. The van der Waals surface area contributed by atoms with Crippen LogP contribution < -0.4 is 14.9 Å². The van der Waals surface area contributed by atoms with Gasteiger partial charge in [-0.15, -0.1) is 0 Å². The first-order valence-electron chi connectivity index (χ1n) is 7.29. The van der Waals surface area contributed by atoms with Gasteiger partial charge < -0.3 is 9.47 Å². The van der Waals surface area contributed by atoms with Gasteiger partial charge in [0, 0.05) is 11.6 Å². The lowest BCUT2D eigenvalue weighted by Crippen LogP contribution is -2.16. The van der Waals surface area contributed by atoms with Crippen LogP contribution in [0.5, 0.6) is 11.5 Å². The Labute approximate surface area is 130 Å². The molecule has 0 aliphatic rings. The van der Waals surface area contributed by atoms with Crippen LogP contribution in [0, 0.1) is 11.3 Å². The Morgan fingerprint density at radius 1 is 1.32 bits per heavy atom. The van der Waals surface area contributed by atoms with Crippen LogP contribution in [0.2, 0.25) is 0 Å². The summed E-state index contributed by atoms with van der Waals surface area (Å²) in [7, 11) is 0. The molecule has 1 aromatic carbocycles. The van der Waals surface area contributed by atoms with E-state index in [2.05, 4.69) is 10.5 Å². The minimum atomic E-state index is -0.447. The molecule has 0 aliphatic heterocycles. The minimum Gasteiger partial charge on any atom is -0.493 e. The molecule has 0 spiro atoms. The van der Waals surface area contributed by atoms with Gasteiger partial charge in [-0.25, -0.2) is 5.43 Å². The van der Waals surface area contributed by atoms with Gasteiger partial charge in [0.25, 0.3) is 5.91 Å². The Balaban J connectivity index is 2.80. The molecule has 0 radical (unpaired) electrons. The second-order valence-electron chi connectivity index (χ2n) is 4.52. The summed E-state index contributed by atoms with van der Waals surface area (Å²) >= 11 is 0. The number of hydrogen-bond acceptors (Lipinski definition) is 5. The summed E-state index contributed by atoms with van der Waals surface area (Å²) in [6, 6.07) is 7.21. The standard InChI is InChI=1S/C16H21N3O3/c1-3-9-21-14-6-5-13(15(11-14)22-10-4-2)12-18-19-16(20)7-8-17/h5-6,11-12H,3-4,7,9-10H2,1-2H3,(H,19,20)/b18-12+. The maximum atomic E-state index is 11.2. The van der Waals surface area contributed by atoms with Crippen molar-refractivity contribution in [3.63, 3.8) is 0 Å². The number of hydrazone groups is 1. The number of amides is 1. The third-order valence-electron chi connectivity index (χ3n) is 2.55. The summed E-state index contributed by atoms with van der Waals surface area (Å²) in [6.07, 6.45) is 3.08. The van der Waals surface area contributed by atoms with Crippen molar-refractivity contribution in [2.75, 3.05) is 13.2 Å². The van der Waals surface area contributed by atoms with E-state index in [1.165, 1.54) is 6.21 Å². The number of rotatable bonds is 9. The zero-order valence-corrected chi connectivity index (χ0v) is 13.0. The van der Waals surface area contributed by atoms with Crippen LogP contribution in [-0.4, -0.2) is 25.3 Å².